The van der Waals surface area contributed by atoms with Crippen LogP contribution in [0.1, 0.15) is 39.4 Å². The van der Waals surface area contributed by atoms with Crippen LogP contribution in [0, 0.1) is 20.8 Å². The van der Waals surface area contributed by atoms with Gasteiger partial charge in [0.05, 0.1) is 7.11 Å². The van der Waals surface area contributed by atoms with E-state index in [0.717, 1.165) is 54.4 Å². The molecular weight excluding hydrogens is 366 g/mol. The van der Waals surface area contributed by atoms with E-state index in [1.165, 1.54) is 10.5 Å². The van der Waals surface area contributed by atoms with Crippen LogP contribution in [0.25, 0.3) is 0 Å². The first-order valence-electron chi connectivity index (χ1n) is 9.99. The largest absolute Gasteiger partial charge is 0.496 e. The minimum absolute atomic E-state index is 0.168. The van der Waals surface area contributed by atoms with E-state index >= 15 is 0 Å². The zero-order chi connectivity index (χ0) is 21.1. The third-order valence-electron chi connectivity index (χ3n) is 5.50. The molecule has 1 aromatic heterocycles. The molecule has 3 rings (SSSR count). The third-order valence-corrected chi connectivity index (χ3v) is 5.50. The summed E-state index contributed by atoms with van der Waals surface area (Å²) in [6.07, 6.45) is 1.04. The van der Waals surface area contributed by atoms with Crippen molar-refractivity contribution in [3.05, 3.63) is 46.4 Å². The average Bonchev–Trinajstić information content (AvgIpc) is 3.16. The Morgan fingerprint density at radius 1 is 1.28 bits per heavy atom. The van der Waals surface area contributed by atoms with Crippen LogP contribution in [0.3, 0.4) is 0 Å². The maximum absolute atomic E-state index is 12.3. The number of aryl methyl sites for hydroxylation is 2. The maximum atomic E-state index is 12.3. The highest BCUT2D eigenvalue weighted by molar-refractivity contribution is 5.90. The van der Waals surface area contributed by atoms with Crippen LogP contribution in [0.2, 0.25) is 0 Å². The number of nitrogens with one attached hydrogen (secondary N) is 1. The second-order valence-corrected chi connectivity index (χ2v) is 7.90. The number of rotatable bonds is 6. The molecule has 0 aliphatic carbocycles. The van der Waals surface area contributed by atoms with Gasteiger partial charge in [-0.3, -0.25) is 4.79 Å². The summed E-state index contributed by atoms with van der Waals surface area (Å²) in [5.74, 6) is 1.88. The van der Waals surface area contributed by atoms with E-state index in [1.54, 1.807) is 21.2 Å². The molecule has 1 aliphatic rings. The summed E-state index contributed by atoms with van der Waals surface area (Å²) >= 11 is 0. The second-order valence-electron chi connectivity index (χ2n) is 7.90. The van der Waals surface area contributed by atoms with Gasteiger partial charge in [0.1, 0.15) is 11.6 Å². The summed E-state index contributed by atoms with van der Waals surface area (Å²) < 4.78 is 5.34. The van der Waals surface area contributed by atoms with Crippen molar-refractivity contribution >= 4 is 11.7 Å². The summed E-state index contributed by atoms with van der Waals surface area (Å²) in [5.41, 5.74) is 4.27. The molecule has 0 spiro atoms. The lowest BCUT2D eigenvalue weighted by Crippen LogP contribution is -2.33. The number of carbonyl (C=O) groups excluding carboxylic acids is 1. The van der Waals surface area contributed by atoms with Crippen LogP contribution >= 0.6 is 0 Å². The SMILES string of the molecule is COc1ccc(CN[C@@H]2CCN(c3nc(C(=O)N(C)C)nc(C)c3C)C2)cc1C. The Morgan fingerprint density at radius 3 is 2.69 bits per heavy atom. The van der Waals surface area contributed by atoms with Crippen LogP contribution in [-0.2, 0) is 6.54 Å². The van der Waals surface area contributed by atoms with Gasteiger partial charge in [0.25, 0.3) is 5.91 Å². The molecular formula is C22H31N5O2. The molecule has 1 saturated heterocycles. The Labute approximate surface area is 173 Å². The minimum atomic E-state index is -0.168. The van der Waals surface area contributed by atoms with Crippen molar-refractivity contribution in [1.29, 1.82) is 0 Å². The molecule has 0 bridgehead atoms. The molecule has 7 heteroatoms. The van der Waals surface area contributed by atoms with Crippen molar-refractivity contribution in [3.63, 3.8) is 0 Å². The number of methoxy groups -OCH3 is 1. The fourth-order valence-electron chi connectivity index (χ4n) is 3.65. The first-order chi connectivity index (χ1) is 13.8. The highest BCUT2D eigenvalue weighted by Crippen LogP contribution is 2.25. The molecule has 2 heterocycles. The number of hydrogen-bond donors (Lipinski definition) is 1. The van der Waals surface area contributed by atoms with Crippen LogP contribution < -0.4 is 15.0 Å². The minimum Gasteiger partial charge on any atom is -0.496 e. The van der Waals surface area contributed by atoms with Crippen LogP contribution in [0.4, 0.5) is 5.82 Å². The van der Waals surface area contributed by atoms with Crippen molar-refractivity contribution < 1.29 is 9.53 Å². The Morgan fingerprint density at radius 2 is 2.03 bits per heavy atom. The summed E-state index contributed by atoms with van der Waals surface area (Å²) in [6, 6.07) is 6.65. The van der Waals surface area contributed by atoms with E-state index in [-0.39, 0.29) is 11.7 Å². The van der Waals surface area contributed by atoms with Crippen molar-refractivity contribution in [3.8, 4) is 5.75 Å². The predicted molar refractivity (Wildman–Crippen MR) is 115 cm³/mol. The molecule has 1 aliphatic heterocycles. The van der Waals surface area contributed by atoms with Crippen molar-refractivity contribution in [1.82, 2.24) is 20.2 Å². The molecule has 0 radical (unpaired) electrons. The summed E-state index contributed by atoms with van der Waals surface area (Å²) in [7, 11) is 5.14. The number of anilines is 1. The van der Waals surface area contributed by atoms with Crippen molar-refractivity contribution in [2.45, 2.75) is 39.8 Å². The highest BCUT2D eigenvalue weighted by atomic mass is 16.5. The lowest BCUT2D eigenvalue weighted by Gasteiger charge is -2.22. The van der Waals surface area contributed by atoms with Crippen LogP contribution in [0.5, 0.6) is 5.75 Å². The molecule has 1 aromatic carbocycles. The zero-order valence-electron chi connectivity index (χ0n) is 18.2. The molecule has 1 N–H and O–H groups in total. The van der Waals surface area contributed by atoms with Gasteiger partial charge in [-0.05, 0) is 44.4 Å². The number of nitrogens with zero attached hydrogens (tertiary/aromatic N) is 4. The Kier molecular flexibility index (Phi) is 6.37. The summed E-state index contributed by atoms with van der Waals surface area (Å²) in [4.78, 5) is 25.1. The third kappa shape index (κ3) is 4.67. The fraction of sp³-hybridized carbons (Fsp3) is 0.500. The molecule has 29 heavy (non-hydrogen) atoms. The van der Waals surface area contributed by atoms with Crippen LogP contribution in [-0.4, -0.2) is 61.1 Å². The molecule has 2 aromatic rings. The first kappa shape index (κ1) is 21.0. The van der Waals surface area contributed by atoms with Gasteiger partial charge < -0.3 is 19.9 Å². The van der Waals surface area contributed by atoms with Crippen molar-refractivity contribution in [2.75, 3.05) is 39.2 Å². The molecule has 156 valence electrons. The van der Waals surface area contributed by atoms with E-state index in [0.29, 0.717) is 6.04 Å². The number of aromatic nitrogens is 2. The monoisotopic (exact) mass is 397 g/mol. The second kappa shape index (κ2) is 8.78. The van der Waals surface area contributed by atoms with Gasteiger partial charge >= 0.3 is 0 Å². The van der Waals surface area contributed by atoms with E-state index in [2.05, 4.69) is 39.2 Å². The highest BCUT2D eigenvalue weighted by Gasteiger charge is 2.26. The van der Waals surface area contributed by atoms with E-state index in [4.69, 9.17) is 4.74 Å². The zero-order valence-corrected chi connectivity index (χ0v) is 18.2. The standard InChI is InChI=1S/C22H31N5O2/c1-14-11-17(7-8-19(14)29-6)12-23-18-9-10-27(13-18)21-15(2)16(3)24-20(25-21)22(28)26(4)5/h7-8,11,18,23H,9-10,12-13H2,1-6H3/t18-/m1/s1. The van der Waals surface area contributed by atoms with Crippen LogP contribution in [0.15, 0.2) is 18.2 Å². The van der Waals surface area contributed by atoms with E-state index < -0.39 is 0 Å². The van der Waals surface area contributed by atoms with Gasteiger partial charge in [0, 0.05) is 51.0 Å². The number of carbonyl (C=O) groups is 1. The lowest BCUT2D eigenvalue weighted by atomic mass is 10.1. The van der Waals surface area contributed by atoms with Gasteiger partial charge in [-0.25, -0.2) is 9.97 Å². The number of hydrogen-bond acceptors (Lipinski definition) is 6. The lowest BCUT2D eigenvalue weighted by molar-refractivity contribution is 0.0815. The molecule has 7 nitrogen and oxygen atoms in total. The molecule has 1 amide bonds. The number of benzene rings is 1. The smallest absolute Gasteiger partial charge is 0.291 e. The number of amides is 1. The Hall–Kier alpha value is -2.67. The van der Waals surface area contributed by atoms with Gasteiger partial charge in [-0.1, -0.05) is 12.1 Å². The van der Waals surface area contributed by atoms with Gasteiger partial charge in [0.2, 0.25) is 5.82 Å². The maximum Gasteiger partial charge on any atom is 0.291 e. The Balaban J connectivity index is 1.67. The molecule has 0 unspecified atom stereocenters. The number of ether oxygens (including phenoxy) is 1. The molecule has 1 fully saturated rings. The predicted octanol–water partition coefficient (Wildman–Crippen LogP) is 2.48. The molecule has 0 saturated carbocycles. The quantitative estimate of drug-likeness (QED) is 0.808. The average molecular weight is 398 g/mol. The van der Waals surface area contributed by atoms with Crippen molar-refractivity contribution in [2.24, 2.45) is 0 Å². The Bertz CT molecular complexity index is 897. The fourth-order valence-corrected chi connectivity index (χ4v) is 3.65. The van der Waals surface area contributed by atoms with E-state index in [9.17, 15) is 4.79 Å². The van der Waals surface area contributed by atoms with E-state index in [1.807, 2.05) is 19.9 Å². The van der Waals surface area contributed by atoms with Gasteiger partial charge in [0.15, 0.2) is 0 Å². The summed E-state index contributed by atoms with van der Waals surface area (Å²) in [5, 5.41) is 3.65. The first-order valence-corrected chi connectivity index (χ1v) is 9.99. The topological polar surface area (TPSA) is 70.6 Å². The molecule has 1 atom stereocenters. The van der Waals surface area contributed by atoms with Gasteiger partial charge in [-0.15, -0.1) is 0 Å². The normalized spacial score (nSPS) is 16.2. The van der Waals surface area contributed by atoms with Gasteiger partial charge in [-0.2, -0.15) is 0 Å². The summed E-state index contributed by atoms with van der Waals surface area (Å²) in [6.45, 7) is 8.61.